The van der Waals surface area contributed by atoms with Crippen molar-refractivity contribution in [3.8, 4) is 0 Å². The van der Waals surface area contributed by atoms with Crippen LogP contribution in [0.4, 0.5) is 5.69 Å². The van der Waals surface area contributed by atoms with Gasteiger partial charge >= 0.3 is 0 Å². The molecule has 46 heavy (non-hydrogen) atoms. The highest BCUT2D eigenvalue weighted by molar-refractivity contribution is 6.02. The predicted octanol–water partition coefficient (Wildman–Crippen LogP) is 10.1. The summed E-state index contributed by atoms with van der Waals surface area (Å²) in [5, 5.41) is 4.97. The minimum Gasteiger partial charge on any atom is -0.359 e. The zero-order valence-electron chi connectivity index (χ0n) is 26.3. The second-order valence-corrected chi connectivity index (χ2v) is 13.7. The second-order valence-electron chi connectivity index (χ2n) is 13.7. The quantitative estimate of drug-likeness (QED) is 0.200. The molecular weight excluding hydrogens is 560 g/mol. The molecule has 1 heterocycles. The van der Waals surface area contributed by atoms with Crippen molar-refractivity contribution in [3.63, 3.8) is 0 Å². The number of para-hydroxylation sites is 2. The van der Waals surface area contributed by atoms with Crippen LogP contribution in [0.25, 0.3) is 10.9 Å². The molecule has 0 fully saturated rings. The Kier molecular flexibility index (Phi) is 6.79. The first-order valence-corrected chi connectivity index (χ1v) is 16.3. The fraction of sp³-hybridized carbons (Fsp3) is 0.186. The van der Waals surface area contributed by atoms with E-state index < -0.39 is 5.41 Å². The Morgan fingerprint density at radius 3 is 1.83 bits per heavy atom. The number of aromatic nitrogens is 1. The van der Waals surface area contributed by atoms with Crippen LogP contribution in [0.5, 0.6) is 0 Å². The minimum absolute atomic E-state index is 0.0860. The van der Waals surface area contributed by atoms with Crippen LogP contribution in [0.2, 0.25) is 0 Å². The molecule has 0 radical (unpaired) electrons. The third-order valence-corrected chi connectivity index (χ3v) is 10.2. The first-order chi connectivity index (χ1) is 22.5. The maximum absolute atomic E-state index is 14.8. The molecule has 6 aromatic rings. The summed E-state index contributed by atoms with van der Waals surface area (Å²) < 4.78 is 0. The smallest absolute Gasteiger partial charge is 0.161 e. The lowest BCUT2D eigenvalue weighted by molar-refractivity contribution is -0.118. The number of anilines is 1. The van der Waals surface area contributed by atoms with E-state index in [1.54, 1.807) is 0 Å². The van der Waals surface area contributed by atoms with Crippen LogP contribution < -0.4 is 5.32 Å². The van der Waals surface area contributed by atoms with E-state index in [4.69, 9.17) is 0 Å². The van der Waals surface area contributed by atoms with Crippen LogP contribution in [0.1, 0.15) is 66.5 Å². The van der Waals surface area contributed by atoms with E-state index in [0.29, 0.717) is 6.42 Å². The highest BCUT2D eigenvalue weighted by atomic mass is 16.1. The van der Waals surface area contributed by atoms with Crippen LogP contribution in [-0.2, 0) is 10.2 Å². The number of allylic oxidation sites excluding steroid dienone is 2. The fourth-order valence-electron chi connectivity index (χ4n) is 8.50. The van der Waals surface area contributed by atoms with Gasteiger partial charge in [-0.3, -0.25) is 4.79 Å². The van der Waals surface area contributed by atoms with Gasteiger partial charge in [-0.2, -0.15) is 0 Å². The molecule has 0 spiro atoms. The van der Waals surface area contributed by atoms with Crippen molar-refractivity contribution >= 4 is 22.4 Å². The predicted molar refractivity (Wildman–Crippen MR) is 188 cm³/mol. The Hall–Kier alpha value is -5.15. The zero-order valence-corrected chi connectivity index (χ0v) is 26.3. The molecule has 0 saturated carbocycles. The van der Waals surface area contributed by atoms with E-state index >= 15 is 0 Å². The van der Waals surface area contributed by atoms with Gasteiger partial charge in [-0.1, -0.05) is 141 Å². The number of rotatable bonds is 6. The van der Waals surface area contributed by atoms with Crippen LogP contribution in [0.3, 0.4) is 0 Å². The maximum atomic E-state index is 14.8. The number of nitrogens with one attached hydrogen (secondary N) is 2. The molecule has 0 amide bonds. The lowest BCUT2D eigenvalue weighted by atomic mass is 9.60. The topological polar surface area (TPSA) is 44.9 Å². The van der Waals surface area contributed by atoms with Crippen molar-refractivity contribution in [2.45, 2.75) is 43.9 Å². The molecule has 0 unspecified atom stereocenters. The van der Waals surface area contributed by atoms with Gasteiger partial charge < -0.3 is 10.3 Å². The molecule has 2 N–H and O–H groups in total. The Morgan fingerprint density at radius 2 is 1.20 bits per heavy atom. The number of hydrogen-bond acceptors (Lipinski definition) is 2. The average Bonchev–Trinajstić information content (AvgIpc) is 3.59. The fourth-order valence-corrected chi connectivity index (χ4v) is 8.50. The molecule has 226 valence electrons. The standard InChI is InChI=1S/C43H38N2O/c1-42(2)27-35(44-32-23-13-6-14-24-32)38(36(46)28-42)39-37-33-25-15-16-26-34(33)45-41(37)43(30-19-9-4-10-20-30,31-21-11-5-12-22-31)40(39)29-17-7-3-8-18-29/h3-26,39-40,44-45H,27-28H2,1-2H3/t39-,40-/m1/s1. The highest BCUT2D eigenvalue weighted by Gasteiger charge is 2.59. The Balaban J connectivity index is 1.52. The molecule has 3 heteroatoms. The summed E-state index contributed by atoms with van der Waals surface area (Å²) in [7, 11) is 0. The highest BCUT2D eigenvalue weighted by Crippen LogP contribution is 2.66. The van der Waals surface area contributed by atoms with Crippen molar-refractivity contribution < 1.29 is 4.79 Å². The van der Waals surface area contributed by atoms with Crippen molar-refractivity contribution in [2.75, 3.05) is 5.32 Å². The van der Waals surface area contributed by atoms with E-state index in [0.717, 1.165) is 28.9 Å². The number of aromatic amines is 1. The number of fused-ring (bicyclic) bond motifs is 3. The van der Waals surface area contributed by atoms with Crippen LogP contribution >= 0.6 is 0 Å². The Labute approximate surface area is 271 Å². The first-order valence-electron chi connectivity index (χ1n) is 16.3. The average molecular weight is 599 g/mol. The first kappa shape index (κ1) is 28.3. The molecule has 2 aliphatic rings. The minimum atomic E-state index is -0.582. The summed E-state index contributed by atoms with van der Waals surface area (Å²) in [6, 6.07) is 51.7. The lowest BCUT2D eigenvalue weighted by Crippen LogP contribution is -2.37. The second kappa shape index (κ2) is 11.0. The summed E-state index contributed by atoms with van der Waals surface area (Å²) in [5.74, 6) is -0.0466. The molecule has 8 rings (SSSR count). The van der Waals surface area contributed by atoms with E-state index in [2.05, 4.69) is 152 Å². The van der Waals surface area contributed by atoms with Crippen molar-refractivity contribution in [1.29, 1.82) is 0 Å². The molecular formula is C43H38N2O. The van der Waals surface area contributed by atoms with Crippen molar-refractivity contribution in [3.05, 3.63) is 185 Å². The van der Waals surface area contributed by atoms with Gasteiger partial charge in [-0.05, 0) is 52.3 Å². The van der Waals surface area contributed by atoms with Gasteiger partial charge in [-0.15, -0.1) is 0 Å². The lowest BCUT2D eigenvalue weighted by Gasteiger charge is -2.42. The summed E-state index contributed by atoms with van der Waals surface area (Å²) in [4.78, 5) is 18.8. The van der Waals surface area contributed by atoms with Crippen LogP contribution in [0.15, 0.2) is 157 Å². The largest absolute Gasteiger partial charge is 0.359 e. The number of benzene rings is 5. The molecule has 2 atom stereocenters. The molecule has 5 aromatic carbocycles. The van der Waals surface area contributed by atoms with Gasteiger partial charge in [0.15, 0.2) is 5.78 Å². The van der Waals surface area contributed by atoms with Crippen LogP contribution in [-0.4, -0.2) is 10.8 Å². The third kappa shape index (κ3) is 4.45. The number of hydrogen-bond donors (Lipinski definition) is 2. The molecule has 0 saturated heterocycles. The van der Waals surface area contributed by atoms with Gasteiger partial charge in [0.1, 0.15) is 0 Å². The van der Waals surface area contributed by atoms with E-state index in [-0.39, 0.29) is 23.0 Å². The third-order valence-electron chi connectivity index (χ3n) is 10.2. The maximum Gasteiger partial charge on any atom is 0.161 e. The van der Waals surface area contributed by atoms with Gasteiger partial charge in [0.25, 0.3) is 0 Å². The van der Waals surface area contributed by atoms with E-state index in [9.17, 15) is 4.79 Å². The molecule has 2 aliphatic carbocycles. The van der Waals surface area contributed by atoms with Crippen molar-refractivity contribution in [1.82, 2.24) is 4.98 Å². The molecule has 1 aromatic heterocycles. The van der Waals surface area contributed by atoms with Gasteiger partial charge in [0.2, 0.25) is 0 Å². The number of H-pyrrole nitrogens is 1. The normalized spacial score (nSPS) is 20.1. The Bertz CT molecular complexity index is 2020. The zero-order chi connectivity index (χ0) is 31.3. The summed E-state index contributed by atoms with van der Waals surface area (Å²) in [6.07, 6.45) is 1.31. The van der Waals surface area contributed by atoms with E-state index in [1.165, 1.54) is 33.3 Å². The van der Waals surface area contributed by atoms with E-state index in [1.807, 2.05) is 18.2 Å². The monoisotopic (exact) mass is 598 g/mol. The Morgan fingerprint density at radius 1 is 0.652 bits per heavy atom. The number of carbonyl (C=O) groups excluding carboxylic acids is 1. The van der Waals surface area contributed by atoms with Gasteiger partial charge in [0, 0.05) is 51.8 Å². The molecule has 0 aliphatic heterocycles. The van der Waals surface area contributed by atoms with Gasteiger partial charge in [0.05, 0.1) is 5.41 Å². The molecule has 3 nitrogen and oxygen atoms in total. The summed E-state index contributed by atoms with van der Waals surface area (Å²) in [6.45, 7) is 4.43. The number of ketones is 1. The van der Waals surface area contributed by atoms with Crippen molar-refractivity contribution in [2.24, 2.45) is 5.41 Å². The van der Waals surface area contributed by atoms with Gasteiger partial charge in [-0.25, -0.2) is 0 Å². The summed E-state index contributed by atoms with van der Waals surface area (Å²) in [5.41, 5.74) is 9.37. The van der Waals surface area contributed by atoms with Crippen LogP contribution in [0, 0.1) is 5.41 Å². The number of carbonyl (C=O) groups is 1. The number of Topliss-reactive ketones (excluding diaryl/α,β-unsaturated/α-hetero) is 1. The summed E-state index contributed by atoms with van der Waals surface area (Å²) >= 11 is 0. The molecule has 0 bridgehead atoms. The SMILES string of the molecule is CC1(C)CC(=O)C([C@H]2c3c([nH]c4ccccc34)C(c3ccccc3)(c3ccccc3)[C@@H]2c2ccccc2)=C(Nc2ccccc2)C1.